The second kappa shape index (κ2) is 4.39. The van der Waals surface area contributed by atoms with Crippen molar-refractivity contribution in [3.05, 3.63) is 29.8 Å². The van der Waals surface area contributed by atoms with Crippen molar-refractivity contribution in [1.29, 1.82) is 0 Å². The molecule has 0 aliphatic heterocycles. The van der Waals surface area contributed by atoms with Gasteiger partial charge in [0.2, 0.25) is 0 Å². The number of aliphatic hydroxyl groups excluding tert-OH is 1. The SMILES string of the molecule is COC(O)c1ccc(B(O)O)cc1. The molecule has 0 amide bonds. The molecule has 0 aliphatic carbocycles. The summed E-state index contributed by atoms with van der Waals surface area (Å²) in [5.74, 6) is 0. The third kappa shape index (κ3) is 2.53. The van der Waals surface area contributed by atoms with Crippen molar-refractivity contribution in [3.63, 3.8) is 0 Å². The van der Waals surface area contributed by atoms with E-state index >= 15 is 0 Å². The number of aliphatic hydroxyl groups is 1. The molecule has 0 saturated heterocycles. The Morgan fingerprint density at radius 3 is 2.15 bits per heavy atom. The minimum atomic E-state index is -1.48. The third-order valence-electron chi connectivity index (χ3n) is 1.74. The fourth-order valence-corrected chi connectivity index (χ4v) is 0.969. The van der Waals surface area contributed by atoms with E-state index in [-0.39, 0.29) is 0 Å². The van der Waals surface area contributed by atoms with Gasteiger partial charge in [-0.15, -0.1) is 0 Å². The molecule has 1 aromatic carbocycles. The van der Waals surface area contributed by atoms with Crippen molar-refractivity contribution < 1.29 is 19.9 Å². The number of hydrogen-bond acceptors (Lipinski definition) is 4. The van der Waals surface area contributed by atoms with Crippen molar-refractivity contribution in [2.45, 2.75) is 6.29 Å². The van der Waals surface area contributed by atoms with Crippen molar-refractivity contribution >= 4 is 12.6 Å². The van der Waals surface area contributed by atoms with E-state index in [0.29, 0.717) is 11.0 Å². The molecule has 0 heterocycles. The van der Waals surface area contributed by atoms with E-state index in [1.54, 1.807) is 12.1 Å². The molecule has 70 valence electrons. The van der Waals surface area contributed by atoms with Crippen LogP contribution in [0.2, 0.25) is 0 Å². The fourth-order valence-electron chi connectivity index (χ4n) is 0.969. The first kappa shape index (κ1) is 10.2. The number of benzene rings is 1. The summed E-state index contributed by atoms with van der Waals surface area (Å²) in [4.78, 5) is 0. The maximum Gasteiger partial charge on any atom is 0.488 e. The highest BCUT2D eigenvalue weighted by molar-refractivity contribution is 6.58. The molecule has 1 rings (SSSR count). The maximum absolute atomic E-state index is 9.21. The van der Waals surface area contributed by atoms with E-state index in [9.17, 15) is 5.11 Å². The standard InChI is InChI=1S/C8H11BO4/c1-13-8(10)6-2-4-7(5-3-6)9(11)12/h2-5,8,10-12H,1H3. The number of rotatable bonds is 3. The average Bonchev–Trinajstić information content (AvgIpc) is 2.17. The summed E-state index contributed by atoms with van der Waals surface area (Å²) in [5, 5.41) is 26.8. The zero-order chi connectivity index (χ0) is 9.84. The summed E-state index contributed by atoms with van der Waals surface area (Å²) in [6, 6.07) is 6.18. The van der Waals surface area contributed by atoms with E-state index in [1.807, 2.05) is 0 Å². The quantitative estimate of drug-likeness (QED) is 0.414. The van der Waals surface area contributed by atoms with Crippen LogP contribution in [-0.4, -0.2) is 29.4 Å². The predicted octanol–water partition coefficient (Wildman–Crippen LogP) is -0.996. The van der Waals surface area contributed by atoms with Crippen molar-refractivity contribution in [3.8, 4) is 0 Å². The van der Waals surface area contributed by atoms with Gasteiger partial charge in [0.25, 0.3) is 0 Å². The van der Waals surface area contributed by atoms with Gasteiger partial charge in [-0.05, 0) is 5.46 Å². The lowest BCUT2D eigenvalue weighted by molar-refractivity contribution is -0.0769. The molecule has 1 aromatic rings. The normalized spacial score (nSPS) is 12.6. The molecular formula is C8H11BO4. The molecule has 0 aromatic heterocycles. The molecule has 13 heavy (non-hydrogen) atoms. The second-order valence-corrected chi connectivity index (χ2v) is 2.63. The molecule has 0 fully saturated rings. The van der Waals surface area contributed by atoms with Crippen molar-refractivity contribution in [1.82, 2.24) is 0 Å². The second-order valence-electron chi connectivity index (χ2n) is 2.63. The molecule has 0 radical (unpaired) electrons. The summed E-state index contributed by atoms with van der Waals surface area (Å²) >= 11 is 0. The Balaban J connectivity index is 2.81. The molecule has 0 spiro atoms. The molecule has 1 unspecified atom stereocenters. The van der Waals surface area contributed by atoms with Gasteiger partial charge >= 0.3 is 7.12 Å². The van der Waals surface area contributed by atoms with E-state index in [1.165, 1.54) is 19.2 Å². The van der Waals surface area contributed by atoms with Crippen LogP contribution in [-0.2, 0) is 4.74 Å². The Kier molecular flexibility index (Phi) is 3.44. The first-order valence-electron chi connectivity index (χ1n) is 3.82. The molecular weight excluding hydrogens is 171 g/mol. The monoisotopic (exact) mass is 182 g/mol. The molecule has 0 saturated carbocycles. The summed E-state index contributed by atoms with van der Waals surface area (Å²) in [7, 11) is -0.0897. The van der Waals surface area contributed by atoms with Crippen LogP contribution in [0.5, 0.6) is 0 Å². The Hall–Kier alpha value is -0.875. The summed E-state index contributed by atoms with van der Waals surface area (Å²) in [6.07, 6.45) is -0.968. The molecule has 0 bridgehead atoms. The number of ether oxygens (including phenoxy) is 1. The molecule has 0 aliphatic rings. The van der Waals surface area contributed by atoms with E-state index < -0.39 is 13.4 Å². The van der Waals surface area contributed by atoms with Crippen LogP contribution in [0.15, 0.2) is 24.3 Å². The van der Waals surface area contributed by atoms with Gasteiger partial charge in [0.1, 0.15) is 0 Å². The van der Waals surface area contributed by atoms with Gasteiger partial charge in [-0.25, -0.2) is 0 Å². The highest BCUT2D eigenvalue weighted by Crippen LogP contribution is 2.10. The lowest BCUT2D eigenvalue weighted by atomic mass is 9.80. The Bertz CT molecular complexity index is 259. The minimum Gasteiger partial charge on any atom is -0.423 e. The van der Waals surface area contributed by atoms with Gasteiger partial charge in [0, 0.05) is 12.7 Å². The Labute approximate surface area is 76.6 Å². The molecule has 1 atom stereocenters. The summed E-state index contributed by atoms with van der Waals surface area (Å²) < 4.78 is 4.67. The van der Waals surface area contributed by atoms with Gasteiger partial charge in [-0.3, -0.25) is 0 Å². The maximum atomic E-state index is 9.21. The lowest BCUT2D eigenvalue weighted by Gasteiger charge is -2.08. The van der Waals surface area contributed by atoms with E-state index in [4.69, 9.17) is 10.0 Å². The van der Waals surface area contributed by atoms with Gasteiger partial charge in [-0.2, -0.15) is 0 Å². The van der Waals surface area contributed by atoms with Gasteiger partial charge in [-0.1, -0.05) is 24.3 Å². The predicted molar refractivity (Wildman–Crippen MR) is 48.2 cm³/mol. The fraction of sp³-hybridized carbons (Fsp3) is 0.250. The third-order valence-corrected chi connectivity index (χ3v) is 1.74. The summed E-state index contributed by atoms with van der Waals surface area (Å²) in [6.45, 7) is 0. The van der Waals surface area contributed by atoms with Crippen LogP contribution >= 0.6 is 0 Å². The largest absolute Gasteiger partial charge is 0.488 e. The van der Waals surface area contributed by atoms with Crippen LogP contribution in [0.1, 0.15) is 11.9 Å². The van der Waals surface area contributed by atoms with Crippen LogP contribution < -0.4 is 5.46 Å². The average molecular weight is 182 g/mol. The minimum absolute atomic E-state index is 0.382. The van der Waals surface area contributed by atoms with E-state index in [2.05, 4.69) is 4.74 Å². The van der Waals surface area contributed by atoms with Gasteiger partial charge in [0.15, 0.2) is 6.29 Å². The topological polar surface area (TPSA) is 69.9 Å². The van der Waals surface area contributed by atoms with Crippen LogP contribution in [0.4, 0.5) is 0 Å². The van der Waals surface area contributed by atoms with Gasteiger partial charge in [0.05, 0.1) is 0 Å². The van der Waals surface area contributed by atoms with Crippen LogP contribution in [0.25, 0.3) is 0 Å². The van der Waals surface area contributed by atoms with Crippen molar-refractivity contribution in [2.24, 2.45) is 0 Å². The van der Waals surface area contributed by atoms with Crippen LogP contribution in [0, 0.1) is 0 Å². The van der Waals surface area contributed by atoms with E-state index in [0.717, 1.165) is 0 Å². The number of methoxy groups -OCH3 is 1. The highest BCUT2D eigenvalue weighted by Gasteiger charge is 2.11. The lowest BCUT2D eigenvalue weighted by Crippen LogP contribution is -2.29. The molecule has 5 heteroatoms. The zero-order valence-electron chi connectivity index (χ0n) is 7.21. The summed E-state index contributed by atoms with van der Waals surface area (Å²) in [5.41, 5.74) is 0.957. The smallest absolute Gasteiger partial charge is 0.423 e. The number of hydrogen-bond donors (Lipinski definition) is 3. The van der Waals surface area contributed by atoms with Crippen molar-refractivity contribution in [2.75, 3.05) is 7.11 Å². The highest BCUT2D eigenvalue weighted by atomic mass is 16.6. The first-order chi connectivity index (χ1) is 6.15. The molecule has 4 nitrogen and oxygen atoms in total. The molecule has 3 N–H and O–H groups in total. The van der Waals surface area contributed by atoms with Gasteiger partial charge < -0.3 is 19.9 Å². The Morgan fingerprint density at radius 1 is 1.23 bits per heavy atom. The first-order valence-corrected chi connectivity index (χ1v) is 3.82. The zero-order valence-corrected chi connectivity index (χ0v) is 7.21. The Morgan fingerprint density at radius 2 is 1.77 bits per heavy atom. The van der Waals surface area contributed by atoms with Crippen LogP contribution in [0.3, 0.4) is 0 Å².